The molecule has 24 heavy (non-hydrogen) atoms. The monoisotopic (exact) mass is 333 g/mol. The second-order valence-electron chi connectivity index (χ2n) is 6.25. The lowest BCUT2D eigenvalue weighted by atomic mass is 10.1. The molecule has 7 heteroatoms. The van der Waals surface area contributed by atoms with Gasteiger partial charge in [0.15, 0.2) is 0 Å². The molecule has 0 unspecified atom stereocenters. The number of nitrogens with one attached hydrogen (secondary N) is 3. The zero-order valence-electron chi connectivity index (χ0n) is 13.9. The first-order valence-corrected chi connectivity index (χ1v) is 8.59. The number of fused-ring (bicyclic) bond motifs is 1. The van der Waals surface area contributed by atoms with Crippen LogP contribution in [-0.2, 0) is 0 Å². The predicted octanol–water partition coefficient (Wildman–Crippen LogP) is 3.09. The first-order chi connectivity index (χ1) is 11.7. The van der Waals surface area contributed by atoms with Gasteiger partial charge in [-0.3, -0.25) is 0 Å². The van der Waals surface area contributed by atoms with Crippen LogP contribution in [0.3, 0.4) is 0 Å². The molecule has 1 aliphatic heterocycles. The number of aromatic nitrogens is 2. The smallest absolute Gasteiger partial charge is 0.321 e. The molecule has 0 bridgehead atoms. The van der Waals surface area contributed by atoms with E-state index in [4.69, 9.17) is 0 Å². The third kappa shape index (κ3) is 3.84. The SMILES string of the molecule is CCCCNC1CCN(C(=O)Nc2c[nH]c3ncc(F)cc23)CC1. The maximum Gasteiger partial charge on any atom is 0.321 e. The number of pyridine rings is 1. The number of nitrogens with zero attached hydrogens (tertiary/aromatic N) is 2. The van der Waals surface area contributed by atoms with Crippen molar-refractivity contribution in [2.75, 3.05) is 25.0 Å². The van der Waals surface area contributed by atoms with Gasteiger partial charge in [0, 0.05) is 30.7 Å². The van der Waals surface area contributed by atoms with Crippen molar-refractivity contribution in [2.24, 2.45) is 0 Å². The molecule has 130 valence electrons. The summed E-state index contributed by atoms with van der Waals surface area (Å²) in [5.41, 5.74) is 1.12. The van der Waals surface area contributed by atoms with Crippen molar-refractivity contribution < 1.29 is 9.18 Å². The number of rotatable bonds is 5. The lowest BCUT2D eigenvalue weighted by molar-refractivity contribution is 0.189. The fourth-order valence-corrected chi connectivity index (χ4v) is 3.05. The Morgan fingerprint density at radius 1 is 1.46 bits per heavy atom. The zero-order chi connectivity index (χ0) is 16.9. The van der Waals surface area contributed by atoms with E-state index in [0.717, 1.165) is 38.7 Å². The third-order valence-electron chi connectivity index (χ3n) is 4.48. The van der Waals surface area contributed by atoms with Crippen LogP contribution in [0.2, 0.25) is 0 Å². The Kier molecular flexibility index (Phi) is 5.30. The van der Waals surface area contributed by atoms with Gasteiger partial charge in [-0.1, -0.05) is 13.3 Å². The highest BCUT2D eigenvalue weighted by Crippen LogP contribution is 2.23. The summed E-state index contributed by atoms with van der Waals surface area (Å²) in [5, 5.41) is 6.99. The number of H-pyrrole nitrogens is 1. The standard InChI is InChI=1S/C17H24FN5O/c1-2-3-6-19-13-4-7-23(8-5-13)17(24)22-15-11-21-16-14(15)9-12(18)10-20-16/h9-11,13,19H,2-8H2,1H3,(H,20,21)(H,22,24). The summed E-state index contributed by atoms with van der Waals surface area (Å²) in [6.45, 7) is 4.68. The number of amides is 2. The average Bonchev–Trinajstić information content (AvgIpc) is 2.98. The first-order valence-electron chi connectivity index (χ1n) is 8.59. The topological polar surface area (TPSA) is 73.1 Å². The second-order valence-corrected chi connectivity index (χ2v) is 6.25. The fourth-order valence-electron chi connectivity index (χ4n) is 3.05. The Morgan fingerprint density at radius 2 is 2.25 bits per heavy atom. The van der Waals surface area contributed by atoms with E-state index < -0.39 is 5.82 Å². The molecular formula is C17H24FN5O. The molecule has 0 saturated carbocycles. The van der Waals surface area contributed by atoms with Crippen LogP contribution in [0.1, 0.15) is 32.6 Å². The predicted molar refractivity (Wildman–Crippen MR) is 92.6 cm³/mol. The van der Waals surface area contributed by atoms with Crippen LogP contribution >= 0.6 is 0 Å². The summed E-state index contributed by atoms with van der Waals surface area (Å²) in [4.78, 5) is 21.1. The van der Waals surface area contributed by atoms with E-state index in [9.17, 15) is 9.18 Å². The van der Waals surface area contributed by atoms with E-state index in [1.54, 1.807) is 6.20 Å². The normalized spacial score (nSPS) is 15.8. The van der Waals surface area contributed by atoms with Gasteiger partial charge in [-0.2, -0.15) is 0 Å². The summed E-state index contributed by atoms with van der Waals surface area (Å²) >= 11 is 0. The molecule has 0 spiro atoms. The lowest BCUT2D eigenvalue weighted by Crippen LogP contribution is -2.46. The van der Waals surface area contributed by atoms with Crippen molar-refractivity contribution in [3.63, 3.8) is 0 Å². The van der Waals surface area contributed by atoms with E-state index in [2.05, 4.69) is 27.5 Å². The average molecular weight is 333 g/mol. The molecule has 3 rings (SSSR count). The summed E-state index contributed by atoms with van der Waals surface area (Å²) < 4.78 is 13.4. The van der Waals surface area contributed by atoms with Crippen LogP contribution < -0.4 is 10.6 Å². The molecule has 3 heterocycles. The third-order valence-corrected chi connectivity index (χ3v) is 4.48. The van der Waals surface area contributed by atoms with Gasteiger partial charge in [0.25, 0.3) is 0 Å². The Labute approximate surface area is 140 Å². The number of piperidine rings is 1. The fraction of sp³-hybridized carbons (Fsp3) is 0.529. The minimum Gasteiger partial charge on any atom is -0.344 e. The second kappa shape index (κ2) is 7.61. The van der Waals surface area contributed by atoms with Crippen molar-refractivity contribution >= 4 is 22.8 Å². The molecule has 6 nitrogen and oxygen atoms in total. The van der Waals surface area contributed by atoms with Crippen LogP contribution in [-0.4, -0.2) is 46.6 Å². The maximum absolute atomic E-state index is 13.4. The first kappa shape index (κ1) is 16.7. The van der Waals surface area contributed by atoms with Crippen molar-refractivity contribution in [1.82, 2.24) is 20.2 Å². The zero-order valence-corrected chi connectivity index (χ0v) is 13.9. The Bertz CT molecular complexity index is 693. The van der Waals surface area contributed by atoms with Gasteiger partial charge >= 0.3 is 6.03 Å². The molecule has 1 aliphatic rings. The summed E-state index contributed by atoms with van der Waals surface area (Å²) in [6, 6.07) is 1.72. The molecule has 0 radical (unpaired) electrons. The quantitative estimate of drug-likeness (QED) is 0.736. The van der Waals surface area contributed by atoms with E-state index in [-0.39, 0.29) is 6.03 Å². The van der Waals surface area contributed by atoms with Crippen LogP contribution in [0.4, 0.5) is 14.9 Å². The summed E-state index contributed by atoms with van der Waals surface area (Å²) in [6.07, 6.45) is 7.09. The van der Waals surface area contributed by atoms with E-state index in [0.29, 0.717) is 22.8 Å². The molecule has 2 aromatic rings. The molecule has 1 saturated heterocycles. The molecule has 3 N–H and O–H groups in total. The Morgan fingerprint density at radius 3 is 3.00 bits per heavy atom. The van der Waals surface area contributed by atoms with Crippen LogP contribution in [0.25, 0.3) is 11.0 Å². The highest BCUT2D eigenvalue weighted by atomic mass is 19.1. The number of carbonyl (C=O) groups excluding carboxylic acids is 1. The molecule has 0 atom stereocenters. The Hall–Kier alpha value is -2.15. The summed E-state index contributed by atoms with van der Waals surface area (Å²) in [7, 11) is 0. The van der Waals surface area contributed by atoms with Crippen molar-refractivity contribution in [1.29, 1.82) is 0 Å². The van der Waals surface area contributed by atoms with Gasteiger partial charge < -0.3 is 20.5 Å². The minimum atomic E-state index is -0.420. The van der Waals surface area contributed by atoms with Gasteiger partial charge in [0.05, 0.1) is 11.9 Å². The van der Waals surface area contributed by atoms with Crippen molar-refractivity contribution in [2.45, 2.75) is 38.6 Å². The molecular weight excluding hydrogens is 309 g/mol. The van der Waals surface area contributed by atoms with E-state index in [1.165, 1.54) is 18.9 Å². The number of aromatic amines is 1. The number of urea groups is 1. The molecule has 0 aliphatic carbocycles. The molecule has 2 aromatic heterocycles. The van der Waals surface area contributed by atoms with Gasteiger partial charge in [0.2, 0.25) is 0 Å². The van der Waals surface area contributed by atoms with Gasteiger partial charge in [-0.15, -0.1) is 0 Å². The number of anilines is 1. The van der Waals surface area contributed by atoms with E-state index >= 15 is 0 Å². The number of halogens is 1. The van der Waals surface area contributed by atoms with Crippen LogP contribution in [0, 0.1) is 5.82 Å². The van der Waals surface area contributed by atoms with Crippen molar-refractivity contribution in [3.8, 4) is 0 Å². The Balaban J connectivity index is 1.55. The number of carbonyl (C=O) groups is 1. The molecule has 2 amide bonds. The maximum atomic E-state index is 13.4. The summed E-state index contributed by atoms with van der Waals surface area (Å²) in [5.74, 6) is -0.420. The lowest BCUT2D eigenvalue weighted by Gasteiger charge is -2.32. The highest BCUT2D eigenvalue weighted by Gasteiger charge is 2.23. The molecule has 0 aromatic carbocycles. The van der Waals surface area contributed by atoms with Gasteiger partial charge in [-0.25, -0.2) is 14.2 Å². The van der Waals surface area contributed by atoms with Crippen LogP contribution in [0.15, 0.2) is 18.5 Å². The number of likely N-dealkylation sites (tertiary alicyclic amines) is 1. The largest absolute Gasteiger partial charge is 0.344 e. The van der Waals surface area contributed by atoms with Crippen LogP contribution in [0.5, 0.6) is 0 Å². The number of hydrogen-bond acceptors (Lipinski definition) is 3. The van der Waals surface area contributed by atoms with Gasteiger partial charge in [-0.05, 0) is 31.9 Å². The van der Waals surface area contributed by atoms with E-state index in [1.807, 2.05) is 4.90 Å². The molecule has 1 fully saturated rings. The van der Waals surface area contributed by atoms with Gasteiger partial charge in [0.1, 0.15) is 11.5 Å². The number of unbranched alkanes of at least 4 members (excludes halogenated alkanes) is 1. The van der Waals surface area contributed by atoms with Crippen molar-refractivity contribution in [3.05, 3.63) is 24.3 Å². The number of hydrogen-bond donors (Lipinski definition) is 3. The highest BCUT2D eigenvalue weighted by molar-refractivity contribution is 5.99. The minimum absolute atomic E-state index is 0.146.